The Morgan fingerprint density at radius 1 is 1.70 bits per heavy atom. The SMILES string of the molecule is C=C/C=C(/SCC)C(C)=N. The van der Waals surface area contributed by atoms with Crippen LogP contribution in [-0.2, 0) is 0 Å². The van der Waals surface area contributed by atoms with Gasteiger partial charge in [0.2, 0.25) is 0 Å². The topological polar surface area (TPSA) is 23.9 Å². The lowest BCUT2D eigenvalue weighted by molar-refractivity contribution is 1.48. The second-order valence-electron chi connectivity index (χ2n) is 1.82. The normalized spacial score (nSPS) is 11.2. The molecule has 0 aliphatic carbocycles. The van der Waals surface area contributed by atoms with Crippen LogP contribution in [0.5, 0.6) is 0 Å². The van der Waals surface area contributed by atoms with Crippen molar-refractivity contribution in [2.75, 3.05) is 5.75 Å². The minimum atomic E-state index is 0.617. The number of hydrogen-bond donors (Lipinski definition) is 1. The molecule has 1 N–H and O–H groups in total. The Balaban J connectivity index is 4.11. The molecule has 0 unspecified atom stereocenters. The summed E-state index contributed by atoms with van der Waals surface area (Å²) in [6.45, 7) is 7.44. The standard InChI is InChI=1S/C8H13NS/c1-4-6-8(7(3)9)10-5-2/h4,6,9H,1,5H2,2-3H3/b8-6+,9-7?. The van der Waals surface area contributed by atoms with Crippen molar-refractivity contribution < 1.29 is 0 Å². The fraction of sp³-hybridized carbons (Fsp3) is 0.375. The third kappa shape index (κ3) is 3.51. The molecule has 0 bridgehead atoms. The van der Waals surface area contributed by atoms with Crippen molar-refractivity contribution >= 4 is 17.5 Å². The molecule has 2 heteroatoms. The highest BCUT2D eigenvalue weighted by atomic mass is 32.2. The summed E-state index contributed by atoms with van der Waals surface area (Å²) < 4.78 is 0. The lowest BCUT2D eigenvalue weighted by Crippen LogP contribution is -1.90. The Morgan fingerprint density at radius 2 is 2.30 bits per heavy atom. The Morgan fingerprint density at radius 3 is 2.60 bits per heavy atom. The summed E-state index contributed by atoms with van der Waals surface area (Å²) in [6.07, 6.45) is 3.59. The van der Waals surface area contributed by atoms with Crippen LogP contribution < -0.4 is 0 Å². The minimum Gasteiger partial charge on any atom is -0.304 e. The monoisotopic (exact) mass is 155 g/mol. The van der Waals surface area contributed by atoms with Gasteiger partial charge in [-0.05, 0) is 18.8 Å². The summed E-state index contributed by atoms with van der Waals surface area (Å²) in [5.41, 5.74) is 0.617. The molecule has 0 rings (SSSR count). The maximum atomic E-state index is 7.32. The zero-order valence-electron chi connectivity index (χ0n) is 6.48. The van der Waals surface area contributed by atoms with Gasteiger partial charge in [-0.25, -0.2) is 0 Å². The van der Waals surface area contributed by atoms with E-state index in [2.05, 4.69) is 13.5 Å². The zero-order chi connectivity index (χ0) is 7.98. The number of thioether (sulfide) groups is 1. The smallest absolute Gasteiger partial charge is 0.0418 e. The van der Waals surface area contributed by atoms with E-state index >= 15 is 0 Å². The molecular weight excluding hydrogens is 142 g/mol. The highest BCUT2D eigenvalue weighted by Crippen LogP contribution is 2.15. The first-order valence-electron chi connectivity index (χ1n) is 3.23. The maximum Gasteiger partial charge on any atom is 0.0418 e. The fourth-order valence-corrected chi connectivity index (χ4v) is 1.26. The average Bonchev–Trinajstić information content (AvgIpc) is 1.87. The molecule has 0 atom stereocenters. The van der Waals surface area contributed by atoms with Crippen molar-refractivity contribution in [2.45, 2.75) is 13.8 Å². The van der Waals surface area contributed by atoms with E-state index in [1.807, 2.05) is 6.08 Å². The van der Waals surface area contributed by atoms with E-state index in [1.54, 1.807) is 24.8 Å². The first kappa shape index (κ1) is 9.50. The molecule has 0 aliphatic heterocycles. The molecule has 0 saturated carbocycles. The molecule has 0 aliphatic rings. The van der Waals surface area contributed by atoms with Crippen LogP contribution in [0, 0.1) is 5.41 Å². The number of rotatable bonds is 4. The van der Waals surface area contributed by atoms with Gasteiger partial charge >= 0.3 is 0 Å². The highest BCUT2D eigenvalue weighted by Gasteiger charge is 1.95. The van der Waals surface area contributed by atoms with Crippen LogP contribution in [0.1, 0.15) is 13.8 Å². The van der Waals surface area contributed by atoms with Gasteiger partial charge in [0.15, 0.2) is 0 Å². The van der Waals surface area contributed by atoms with E-state index in [9.17, 15) is 0 Å². The van der Waals surface area contributed by atoms with Crippen LogP contribution >= 0.6 is 11.8 Å². The van der Waals surface area contributed by atoms with Gasteiger partial charge in [-0.15, -0.1) is 11.8 Å². The Hall–Kier alpha value is -0.500. The minimum absolute atomic E-state index is 0.617. The molecule has 0 heterocycles. The number of allylic oxidation sites excluding steroid dienone is 3. The molecule has 0 fully saturated rings. The Kier molecular flexibility index (Phi) is 5.03. The number of hydrogen-bond acceptors (Lipinski definition) is 2. The van der Waals surface area contributed by atoms with Crippen LogP contribution in [0.2, 0.25) is 0 Å². The quantitative estimate of drug-likeness (QED) is 0.490. The molecular formula is C8H13NS. The van der Waals surface area contributed by atoms with Gasteiger partial charge in [-0.3, -0.25) is 0 Å². The molecule has 56 valence electrons. The first-order chi connectivity index (χ1) is 4.72. The van der Waals surface area contributed by atoms with Gasteiger partial charge in [-0.1, -0.05) is 19.6 Å². The second-order valence-corrected chi connectivity index (χ2v) is 3.13. The molecule has 0 aromatic carbocycles. The van der Waals surface area contributed by atoms with Crippen molar-refractivity contribution in [3.63, 3.8) is 0 Å². The molecule has 0 radical (unpaired) electrons. The van der Waals surface area contributed by atoms with Crippen LogP contribution in [-0.4, -0.2) is 11.5 Å². The van der Waals surface area contributed by atoms with Gasteiger partial charge in [0, 0.05) is 10.6 Å². The second kappa shape index (κ2) is 5.30. The predicted molar refractivity (Wildman–Crippen MR) is 49.8 cm³/mol. The molecule has 0 spiro atoms. The molecule has 0 aromatic rings. The van der Waals surface area contributed by atoms with Gasteiger partial charge in [0.1, 0.15) is 0 Å². The lowest BCUT2D eigenvalue weighted by Gasteiger charge is -1.99. The highest BCUT2D eigenvalue weighted by molar-refractivity contribution is 8.03. The summed E-state index contributed by atoms with van der Waals surface area (Å²) in [5, 5.41) is 7.32. The van der Waals surface area contributed by atoms with Crippen LogP contribution in [0.4, 0.5) is 0 Å². The predicted octanol–water partition coefficient (Wildman–Crippen LogP) is 2.85. The summed E-state index contributed by atoms with van der Waals surface area (Å²) >= 11 is 1.67. The first-order valence-corrected chi connectivity index (χ1v) is 4.22. The number of nitrogens with one attached hydrogen (secondary N) is 1. The van der Waals surface area contributed by atoms with Crippen LogP contribution in [0.15, 0.2) is 23.6 Å². The van der Waals surface area contributed by atoms with E-state index in [-0.39, 0.29) is 0 Å². The van der Waals surface area contributed by atoms with E-state index < -0.39 is 0 Å². The summed E-state index contributed by atoms with van der Waals surface area (Å²) in [5.74, 6) is 1.01. The van der Waals surface area contributed by atoms with Gasteiger partial charge in [-0.2, -0.15) is 0 Å². The molecule has 10 heavy (non-hydrogen) atoms. The zero-order valence-corrected chi connectivity index (χ0v) is 7.29. The molecule has 0 amide bonds. The largest absolute Gasteiger partial charge is 0.304 e. The van der Waals surface area contributed by atoms with Gasteiger partial charge in [0.25, 0.3) is 0 Å². The Labute approximate surface area is 66.7 Å². The van der Waals surface area contributed by atoms with E-state index in [0.29, 0.717) is 5.71 Å². The third-order valence-corrected chi connectivity index (χ3v) is 1.98. The van der Waals surface area contributed by atoms with Crippen molar-refractivity contribution in [3.8, 4) is 0 Å². The van der Waals surface area contributed by atoms with E-state index in [0.717, 1.165) is 10.7 Å². The molecule has 1 nitrogen and oxygen atoms in total. The van der Waals surface area contributed by atoms with Crippen molar-refractivity contribution in [2.24, 2.45) is 0 Å². The van der Waals surface area contributed by atoms with Crippen molar-refractivity contribution in [3.05, 3.63) is 23.6 Å². The van der Waals surface area contributed by atoms with Crippen molar-refractivity contribution in [1.29, 1.82) is 5.41 Å². The van der Waals surface area contributed by atoms with Gasteiger partial charge in [0.05, 0.1) is 0 Å². The fourth-order valence-electron chi connectivity index (χ4n) is 0.544. The molecule has 0 aromatic heterocycles. The summed E-state index contributed by atoms with van der Waals surface area (Å²) in [4.78, 5) is 1.01. The van der Waals surface area contributed by atoms with Crippen LogP contribution in [0.3, 0.4) is 0 Å². The van der Waals surface area contributed by atoms with Crippen LogP contribution in [0.25, 0.3) is 0 Å². The summed E-state index contributed by atoms with van der Waals surface area (Å²) in [7, 11) is 0. The summed E-state index contributed by atoms with van der Waals surface area (Å²) in [6, 6.07) is 0. The molecule has 0 saturated heterocycles. The maximum absolute atomic E-state index is 7.32. The average molecular weight is 155 g/mol. The van der Waals surface area contributed by atoms with Crippen molar-refractivity contribution in [1.82, 2.24) is 0 Å². The Bertz CT molecular complexity index is 159. The van der Waals surface area contributed by atoms with Gasteiger partial charge < -0.3 is 5.41 Å². The lowest BCUT2D eigenvalue weighted by atomic mass is 10.3. The third-order valence-electron chi connectivity index (χ3n) is 0.939. The van der Waals surface area contributed by atoms with E-state index in [1.165, 1.54) is 0 Å². The van der Waals surface area contributed by atoms with E-state index in [4.69, 9.17) is 5.41 Å².